The summed E-state index contributed by atoms with van der Waals surface area (Å²) in [6.07, 6.45) is 0.115. The van der Waals surface area contributed by atoms with Gasteiger partial charge in [0.25, 0.3) is 0 Å². The normalized spacial score (nSPS) is 9.84. The SMILES string of the molecule is CCOC(=O)CCC(=O)c1c(OC)cccc1OC. The van der Waals surface area contributed by atoms with Crippen LogP contribution in [0.5, 0.6) is 11.5 Å². The van der Waals surface area contributed by atoms with Crippen LogP contribution in [0.15, 0.2) is 18.2 Å². The summed E-state index contributed by atoms with van der Waals surface area (Å²) < 4.78 is 15.1. The zero-order valence-corrected chi connectivity index (χ0v) is 11.4. The fourth-order valence-corrected chi connectivity index (χ4v) is 1.70. The molecule has 0 aliphatic heterocycles. The van der Waals surface area contributed by atoms with Gasteiger partial charge in [-0.05, 0) is 19.1 Å². The molecule has 0 spiro atoms. The number of hydrogen-bond donors (Lipinski definition) is 0. The minimum atomic E-state index is -0.385. The molecule has 19 heavy (non-hydrogen) atoms. The van der Waals surface area contributed by atoms with Gasteiger partial charge in [0, 0.05) is 6.42 Å². The third-order valence-corrected chi connectivity index (χ3v) is 2.57. The summed E-state index contributed by atoms with van der Waals surface area (Å²) in [5, 5.41) is 0. The maximum Gasteiger partial charge on any atom is 0.306 e. The first kappa shape index (κ1) is 15.0. The average Bonchev–Trinajstić information content (AvgIpc) is 2.44. The summed E-state index contributed by atoms with van der Waals surface area (Å²) in [7, 11) is 2.97. The number of ketones is 1. The van der Waals surface area contributed by atoms with Crippen LogP contribution >= 0.6 is 0 Å². The Morgan fingerprint density at radius 1 is 1.05 bits per heavy atom. The number of rotatable bonds is 7. The Bertz CT molecular complexity index is 431. The molecule has 0 aliphatic carbocycles. The molecule has 0 fully saturated rings. The number of esters is 1. The number of Topliss-reactive ketones (excluding diaryl/α,β-unsaturated/α-hetero) is 1. The van der Waals surface area contributed by atoms with Crippen LogP contribution in [-0.4, -0.2) is 32.6 Å². The number of benzene rings is 1. The van der Waals surface area contributed by atoms with Gasteiger partial charge in [0.2, 0.25) is 0 Å². The van der Waals surface area contributed by atoms with Crippen LogP contribution in [0.1, 0.15) is 30.1 Å². The van der Waals surface area contributed by atoms with Crippen LogP contribution < -0.4 is 9.47 Å². The molecule has 1 aromatic rings. The highest BCUT2D eigenvalue weighted by molar-refractivity contribution is 6.02. The maximum atomic E-state index is 12.1. The van der Waals surface area contributed by atoms with E-state index >= 15 is 0 Å². The monoisotopic (exact) mass is 266 g/mol. The second-order valence-electron chi connectivity index (χ2n) is 3.77. The molecule has 0 saturated carbocycles. The molecule has 0 unspecified atom stereocenters. The van der Waals surface area contributed by atoms with Crippen LogP contribution in [0, 0.1) is 0 Å². The van der Waals surface area contributed by atoms with Gasteiger partial charge in [0.15, 0.2) is 5.78 Å². The van der Waals surface area contributed by atoms with E-state index in [1.165, 1.54) is 14.2 Å². The van der Waals surface area contributed by atoms with Crippen LogP contribution in [0.3, 0.4) is 0 Å². The Hall–Kier alpha value is -2.04. The molecule has 0 aliphatic rings. The first-order chi connectivity index (χ1) is 9.13. The first-order valence-corrected chi connectivity index (χ1v) is 6.03. The second-order valence-corrected chi connectivity index (χ2v) is 3.77. The molecule has 0 N–H and O–H groups in total. The van der Waals surface area contributed by atoms with E-state index in [0.717, 1.165) is 0 Å². The topological polar surface area (TPSA) is 61.8 Å². The first-order valence-electron chi connectivity index (χ1n) is 6.03. The molecule has 0 bridgehead atoms. The van der Waals surface area contributed by atoms with Crippen molar-refractivity contribution in [2.24, 2.45) is 0 Å². The minimum absolute atomic E-state index is 0.0495. The molecular formula is C14H18O5. The van der Waals surface area contributed by atoms with Crippen molar-refractivity contribution in [3.05, 3.63) is 23.8 Å². The van der Waals surface area contributed by atoms with Crippen LogP contribution in [0.4, 0.5) is 0 Å². The highest BCUT2D eigenvalue weighted by atomic mass is 16.5. The smallest absolute Gasteiger partial charge is 0.306 e. The van der Waals surface area contributed by atoms with Crippen LogP contribution in [-0.2, 0) is 9.53 Å². The molecule has 0 atom stereocenters. The van der Waals surface area contributed by atoms with Gasteiger partial charge >= 0.3 is 5.97 Å². The van der Waals surface area contributed by atoms with Crippen molar-refractivity contribution in [1.29, 1.82) is 0 Å². The van der Waals surface area contributed by atoms with E-state index in [4.69, 9.17) is 14.2 Å². The third kappa shape index (κ3) is 3.98. The lowest BCUT2D eigenvalue weighted by Crippen LogP contribution is -2.10. The molecule has 0 saturated heterocycles. The fourth-order valence-electron chi connectivity index (χ4n) is 1.70. The van der Waals surface area contributed by atoms with E-state index in [-0.39, 0.29) is 24.6 Å². The molecule has 0 heterocycles. The highest BCUT2D eigenvalue weighted by Crippen LogP contribution is 2.29. The Morgan fingerprint density at radius 3 is 2.11 bits per heavy atom. The number of carbonyl (C=O) groups excluding carboxylic acids is 2. The molecular weight excluding hydrogens is 248 g/mol. The van der Waals surface area contributed by atoms with Crippen molar-refractivity contribution in [3.8, 4) is 11.5 Å². The molecule has 5 nitrogen and oxygen atoms in total. The van der Waals surface area contributed by atoms with E-state index in [2.05, 4.69) is 0 Å². The maximum absolute atomic E-state index is 12.1. The van der Waals surface area contributed by atoms with Crippen molar-refractivity contribution in [2.75, 3.05) is 20.8 Å². The zero-order valence-electron chi connectivity index (χ0n) is 11.4. The van der Waals surface area contributed by atoms with Gasteiger partial charge in [-0.2, -0.15) is 0 Å². The van der Waals surface area contributed by atoms with Gasteiger partial charge in [-0.25, -0.2) is 0 Å². The lowest BCUT2D eigenvalue weighted by atomic mass is 10.0. The van der Waals surface area contributed by atoms with Gasteiger partial charge < -0.3 is 14.2 Å². The standard InChI is InChI=1S/C14H18O5/c1-4-19-13(16)9-8-10(15)14-11(17-2)6-5-7-12(14)18-3/h5-7H,4,8-9H2,1-3H3. The lowest BCUT2D eigenvalue weighted by Gasteiger charge is -2.11. The van der Waals surface area contributed by atoms with Gasteiger partial charge in [0.05, 0.1) is 27.2 Å². The summed E-state index contributed by atoms with van der Waals surface area (Å²) in [4.78, 5) is 23.4. The Kier molecular flexibility index (Phi) is 5.85. The summed E-state index contributed by atoms with van der Waals surface area (Å²) in [6, 6.07) is 5.10. The highest BCUT2D eigenvalue weighted by Gasteiger charge is 2.19. The zero-order chi connectivity index (χ0) is 14.3. The van der Waals surface area contributed by atoms with Gasteiger partial charge in [0.1, 0.15) is 17.1 Å². The summed E-state index contributed by atoms with van der Waals surface area (Å²) in [6.45, 7) is 2.04. The van der Waals surface area contributed by atoms with Crippen LogP contribution in [0.2, 0.25) is 0 Å². The lowest BCUT2D eigenvalue weighted by molar-refractivity contribution is -0.143. The molecule has 0 amide bonds. The molecule has 0 radical (unpaired) electrons. The van der Waals surface area contributed by atoms with Crippen molar-refractivity contribution < 1.29 is 23.8 Å². The van der Waals surface area contributed by atoms with E-state index in [1.807, 2.05) is 0 Å². The van der Waals surface area contributed by atoms with Crippen molar-refractivity contribution in [1.82, 2.24) is 0 Å². The predicted molar refractivity (Wildman–Crippen MR) is 69.7 cm³/mol. The van der Waals surface area contributed by atoms with E-state index in [9.17, 15) is 9.59 Å². The Balaban J connectivity index is 2.83. The molecule has 1 rings (SSSR count). The van der Waals surface area contributed by atoms with Gasteiger partial charge in [-0.1, -0.05) is 6.07 Å². The van der Waals surface area contributed by atoms with Gasteiger partial charge in [-0.3, -0.25) is 9.59 Å². The van der Waals surface area contributed by atoms with Crippen molar-refractivity contribution >= 4 is 11.8 Å². The molecule has 5 heteroatoms. The van der Waals surface area contributed by atoms with Gasteiger partial charge in [-0.15, -0.1) is 0 Å². The van der Waals surface area contributed by atoms with Crippen LogP contribution in [0.25, 0.3) is 0 Å². The largest absolute Gasteiger partial charge is 0.496 e. The van der Waals surface area contributed by atoms with Crippen molar-refractivity contribution in [3.63, 3.8) is 0 Å². The predicted octanol–water partition coefficient (Wildman–Crippen LogP) is 2.23. The van der Waals surface area contributed by atoms with E-state index in [0.29, 0.717) is 23.7 Å². The number of ether oxygens (including phenoxy) is 3. The molecule has 104 valence electrons. The summed E-state index contributed by atoms with van der Waals surface area (Å²) in [5.74, 6) is 0.286. The molecule has 1 aromatic carbocycles. The number of methoxy groups -OCH3 is 2. The average molecular weight is 266 g/mol. The number of carbonyl (C=O) groups is 2. The Morgan fingerprint density at radius 2 is 1.63 bits per heavy atom. The minimum Gasteiger partial charge on any atom is -0.496 e. The summed E-state index contributed by atoms with van der Waals surface area (Å²) in [5.41, 5.74) is 0.358. The van der Waals surface area contributed by atoms with Crippen molar-refractivity contribution in [2.45, 2.75) is 19.8 Å². The summed E-state index contributed by atoms with van der Waals surface area (Å²) >= 11 is 0. The fraction of sp³-hybridized carbons (Fsp3) is 0.429. The molecule has 0 aromatic heterocycles. The number of hydrogen-bond acceptors (Lipinski definition) is 5. The van der Waals surface area contributed by atoms with E-state index < -0.39 is 0 Å². The second kappa shape index (κ2) is 7.41. The third-order valence-electron chi connectivity index (χ3n) is 2.57. The van der Waals surface area contributed by atoms with E-state index in [1.54, 1.807) is 25.1 Å². The quantitative estimate of drug-likeness (QED) is 0.559. The Labute approximate surface area is 112 Å².